The molecule has 0 N–H and O–H groups in total. The standard InChI is InChI=1S/C15H28N2O3/c1-6-16(7-2)13(18)11-17-10-8-9-12(17)14(19)20-15(3,4)5/h12H,6-11H2,1-5H3/t12-/m0/s1. The number of amides is 1. The van der Waals surface area contributed by atoms with Gasteiger partial charge in [-0.15, -0.1) is 0 Å². The van der Waals surface area contributed by atoms with E-state index in [4.69, 9.17) is 4.74 Å². The van der Waals surface area contributed by atoms with Crippen molar-refractivity contribution in [2.45, 2.75) is 59.1 Å². The zero-order valence-electron chi connectivity index (χ0n) is 13.4. The van der Waals surface area contributed by atoms with Gasteiger partial charge in [-0.3, -0.25) is 14.5 Å². The predicted octanol–water partition coefficient (Wildman–Crippen LogP) is 1.66. The Morgan fingerprint density at radius 3 is 2.35 bits per heavy atom. The van der Waals surface area contributed by atoms with Crippen molar-refractivity contribution in [2.24, 2.45) is 0 Å². The third-order valence-corrected chi connectivity index (χ3v) is 3.50. The largest absolute Gasteiger partial charge is 0.459 e. The molecule has 0 aliphatic carbocycles. The van der Waals surface area contributed by atoms with Gasteiger partial charge in [0.15, 0.2) is 0 Å². The Bertz CT molecular complexity index is 346. The van der Waals surface area contributed by atoms with Crippen molar-refractivity contribution in [3.8, 4) is 0 Å². The summed E-state index contributed by atoms with van der Waals surface area (Å²) >= 11 is 0. The highest BCUT2D eigenvalue weighted by molar-refractivity contribution is 5.81. The van der Waals surface area contributed by atoms with Crippen LogP contribution in [0.3, 0.4) is 0 Å². The summed E-state index contributed by atoms with van der Waals surface area (Å²) in [6.45, 7) is 12.1. The van der Waals surface area contributed by atoms with Crippen LogP contribution in [0.5, 0.6) is 0 Å². The minimum atomic E-state index is -0.478. The average Bonchev–Trinajstić information content (AvgIpc) is 2.76. The molecule has 0 aromatic heterocycles. The van der Waals surface area contributed by atoms with E-state index in [0.717, 1.165) is 19.4 Å². The van der Waals surface area contributed by atoms with Crippen LogP contribution in [0.25, 0.3) is 0 Å². The minimum absolute atomic E-state index is 0.0884. The van der Waals surface area contributed by atoms with Crippen molar-refractivity contribution in [1.82, 2.24) is 9.80 Å². The molecule has 0 radical (unpaired) electrons. The second-order valence-corrected chi connectivity index (χ2v) is 6.23. The van der Waals surface area contributed by atoms with Gasteiger partial charge in [0.1, 0.15) is 11.6 Å². The molecule has 0 bridgehead atoms. The third-order valence-electron chi connectivity index (χ3n) is 3.50. The van der Waals surface area contributed by atoms with Gasteiger partial charge in [0, 0.05) is 13.1 Å². The smallest absolute Gasteiger partial charge is 0.323 e. The second-order valence-electron chi connectivity index (χ2n) is 6.23. The fourth-order valence-corrected chi connectivity index (χ4v) is 2.50. The van der Waals surface area contributed by atoms with Gasteiger partial charge < -0.3 is 9.64 Å². The molecule has 1 fully saturated rings. The first-order valence-electron chi connectivity index (χ1n) is 7.53. The molecular formula is C15H28N2O3. The van der Waals surface area contributed by atoms with Gasteiger partial charge >= 0.3 is 5.97 Å². The van der Waals surface area contributed by atoms with E-state index in [1.807, 2.05) is 39.5 Å². The summed E-state index contributed by atoms with van der Waals surface area (Å²) in [4.78, 5) is 28.1. The van der Waals surface area contributed by atoms with Crippen molar-refractivity contribution in [3.05, 3.63) is 0 Å². The van der Waals surface area contributed by atoms with Crippen molar-refractivity contribution in [1.29, 1.82) is 0 Å². The van der Waals surface area contributed by atoms with Crippen LogP contribution in [-0.4, -0.2) is 59.5 Å². The summed E-state index contributed by atoms with van der Waals surface area (Å²) in [7, 11) is 0. The lowest BCUT2D eigenvalue weighted by Crippen LogP contribution is -2.46. The molecule has 20 heavy (non-hydrogen) atoms. The highest BCUT2D eigenvalue weighted by Crippen LogP contribution is 2.21. The normalized spacial score (nSPS) is 19.9. The molecule has 0 unspecified atom stereocenters. The Morgan fingerprint density at radius 1 is 1.25 bits per heavy atom. The summed E-state index contributed by atoms with van der Waals surface area (Å²) in [5.41, 5.74) is -0.478. The minimum Gasteiger partial charge on any atom is -0.459 e. The highest BCUT2D eigenvalue weighted by Gasteiger charge is 2.35. The molecule has 1 heterocycles. The number of carbonyl (C=O) groups is 2. The molecular weight excluding hydrogens is 256 g/mol. The number of likely N-dealkylation sites (N-methyl/N-ethyl adjacent to an activating group) is 1. The maximum Gasteiger partial charge on any atom is 0.323 e. The summed E-state index contributed by atoms with van der Waals surface area (Å²) in [5, 5.41) is 0. The summed E-state index contributed by atoms with van der Waals surface area (Å²) in [6.07, 6.45) is 1.72. The topological polar surface area (TPSA) is 49.9 Å². The van der Waals surface area contributed by atoms with E-state index in [0.29, 0.717) is 19.6 Å². The van der Waals surface area contributed by atoms with Crippen LogP contribution in [0.4, 0.5) is 0 Å². The first-order chi connectivity index (χ1) is 9.28. The SMILES string of the molecule is CCN(CC)C(=O)CN1CCC[C@H]1C(=O)OC(C)(C)C. The second kappa shape index (κ2) is 7.07. The van der Waals surface area contributed by atoms with E-state index in [9.17, 15) is 9.59 Å². The number of carbonyl (C=O) groups excluding carboxylic acids is 2. The van der Waals surface area contributed by atoms with Crippen LogP contribution >= 0.6 is 0 Å². The van der Waals surface area contributed by atoms with Crippen molar-refractivity contribution >= 4 is 11.9 Å². The first kappa shape index (κ1) is 17.0. The molecule has 5 nitrogen and oxygen atoms in total. The van der Waals surface area contributed by atoms with Crippen LogP contribution in [-0.2, 0) is 14.3 Å². The molecule has 1 atom stereocenters. The molecule has 0 spiro atoms. The molecule has 1 saturated heterocycles. The fourth-order valence-electron chi connectivity index (χ4n) is 2.50. The van der Waals surface area contributed by atoms with Crippen molar-refractivity contribution in [3.63, 3.8) is 0 Å². The van der Waals surface area contributed by atoms with E-state index in [1.165, 1.54) is 0 Å². The number of ether oxygens (including phenoxy) is 1. The Morgan fingerprint density at radius 2 is 1.85 bits per heavy atom. The van der Waals surface area contributed by atoms with Crippen LogP contribution in [0, 0.1) is 0 Å². The van der Waals surface area contributed by atoms with Crippen LogP contribution in [0.15, 0.2) is 0 Å². The maximum atomic E-state index is 12.2. The van der Waals surface area contributed by atoms with Gasteiger partial charge in [0.25, 0.3) is 0 Å². The van der Waals surface area contributed by atoms with Crippen LogP contribution in [0.2, 0.25) is 0 Å². The zero-order chi connectivity index (χ0) is 15.3. The average molecular weight is 284 g/mol. The van der Waals surface area contributed by atoms with Gasteiger partial charge in [0.2, 0.25) is 5.91 Å². The molecule has 1 aliphatic rings. The van der Waals surface area contributed by atoms with E-state index in [2.05, 4.69) is 0 Å². The molecule has 0 saturated carbocycles. The van der Waals surface area contributed by atoms with Gasteiger partial charge in [-0.05, 0) is 54.0 Å². The molecule has 0 aromatic rings. The number of hydrogen-bond acceptors (Lipinski definition) is 4. The number of rotatable bonds is 5. The zero-order valence-corrected chi connectivity index (χ0v) is 13.4. The number of esters is 1. The summed E-state index contributed by atoms with van der Waals surface area (Å²) in [5.74, 6) is -0.118. The lowest BCUT2D eigenvalue weighted by Gasteiger charge is -2.28. The first-order valence-corrected chi connectivity index (χ1v) is 7.53. The molecule has 5 heteroatoms. The third kappa shape index (κ3) is 4.78. The molecule has 1 amide bonds. The fraction of sp³-hybridized carbons (Fsp3) is 0.867. The molecule has 1 rings (SSSR count). The summed E-state index contributed by atoms with van der Waals surface area (Å²) < 4.78 is 5.44. The van der Waals surface area contributed by atoms with Gasteiger partial charge in [-0.2, -0.15) is 0 Å². The number of likely N-dealkylation sites (tertiary alicyclic amines) is 1. The van der Waals surface area contributed by atoms with E-state index in [-0.39, 0.29) is 17.9 Å². The monoisotopic (exact) mass is 284 g/mol. The Hall–Kier alpha value is -1.10. The molecule has 116 valence electrons. The highest BCUT2D eigenvalue weighted by atomic mass is 16.6. The van der Waals surface area contributed by atoms with E-state index < -0.39 is 5.60 Å². The Balaban J connectivity index is 2.61. The lowest BCUT2D eigenvalue weighted by molar-refractivity contribution is -0.160. The van der Waals surface area contributed by atoms with Crippen molar-refractivity contribution in [2.75, 3.05) is 26.2 Å². The predicted molar refractivity (Wildman–Crippen MR) is 78.4 cm³/mol. The van der Waals surface area contributed by atoms with Crippen molar-refractivity contribution < 1.29 is 14.3 Å². The number of nitrogens with zero attached hydrogens (tertiary/aromatic N) is 2. The van der Waals surface area contributed by atoms with E-state index >= 15 is 0 Å². The van der Waals surface area contributed by atoms with Crippen LogP contribution < -0.4 is 0 Å². The van der Waals surface area contributed by atoms with Gasteiger partial charge in [-0.1, -0.05) is 0 Å². The summed E-state index contributed by atoms with van der Waals surface area (Å²) in [6, 6.07) is -0.270. The Labute approximate surface area is 122 Å². The maximum absolute atomic E-state index is 12.2. The van der Waals surface area contributed by atoms with E-state index in [1.54, 1.807) is 4.90 Å². The lowest BCUT2D eigenvalue weighted by atomic mass is 10.1. The number of hydrogen-bond donors (Lipinski definition) is 0. The van der Waals surface area contributed by atoms with Gasteiger partial charge in [0.05, 0.1) is 6.54 Å². The molecule has 1 aliphatic heterocycles. The van der Waals surface area contributed by atoms with Gasteiger partial charge in [-0.25, -0.2) is 0 Å². The molecule has 0 aromatic carbocycles. The quantitative estimate of drug-likeness (QED) is 0.721. The van der Waals surface area contributed by atoms with Crippen LogP contribution in [0.1, 0.15) is 47.5 Å². The Kier molecular flexibility index (Phi) is 5.99.